The molecule has 2 atom stereocenters. The summed E-state index contributed by atoms with van der Waals surface area (Å²) < 4.78 is 67.8. The summed E-state index contributed by atoms with van der Waals surface area (Å²) >= 11 is 0. The third kappa shape index (κ3) is 4.19. The zero-order chi connectivity index (χ0) is 22.4. The molecule has 0 aromatic heterocycles. The Balaban J connectivity index is 1.44. The number of hydrogen-bond donors (Lipinski definition) is 0. The topological polar surface area (TPSA) is 70.2 Å². The average Bonchev–Trinajstić information content (AvgIpc) is 3.27. The average molecular weight is 455 g/mol. The molecule has 7 nitrogen and oxygen atoms in total. The van der Waals surface area contributed by atoms with Gasteiger partial charge in [0.1, 0.15) is 5.75 Å². The molecule has 0 spiro atoms. The van der Waals surface area contributed by atoms with E-state index in [9.17, 15) is 26.4 Å². The van der Waals surface area contributed by atoms with Crippen LogP contribution in [-0.4, -0.2) is 62.2 Å². The van der Waals surface area contributed by atoms with Gasteiger partial charge in [-0.25, -0.2) is 13.2 Å². The number of nitrogens with zero attached hydrogens (tertiary/aromatic N) is 3. The zero-order valence-electron chi connectivity index (χ0n) is 16.5. The van der Waals surface area contributed by atoms with Gasteiger partial charge in [-0.15, -0.1) is 13.2 Å². The maximum absolute atomic E-state index is 12.9. The van der Waals surface area contributed by atoms with E-state index in [2.05, 4.69) is 4.74 Å². The van der Waals surface area contributed by atoms with Gasteiger partial charge in [-0.05, 0) is 42.8 Å². The van der Waals surface area contributed by atoms with Crippen molar-refractivity contribution in [3.05, 3.63) is 54.6 Å². The number of ether oxygens (including phenoxy) is 1. The number of urea groups is 1. The van der Waals surface area contributed by atoms with Crippen molar-refractivity contribution in [1.82, 2.24) is 9.21 Å². The van der Waals surface area contributed by atoms with Gasteiger partial charge in [0, 0.05) is 31.9 Å². The molecule has 2 aliphatic heterocycles. The minimum absolute atomic E-state index is 0.183. The molecule has 2 saturated heterocycles. The Hall–Kier alpha value is -2.79. The van der Waals surface area contributed by atoms with Gasteiger partial charge in [0.15, 0.2) is 0 Å². The van der Waals surface area contributed by atoms with Gasteiger partial charge < -0.3 is 9.64 Å². The van der Waals surface area contributed by atoms with Gasteiger partial charge in [0.25, 0.3) is 0 Å². The van der Waals surface area contributed by atoms with E-state index in [1.165, 1.54) is 40.5 Å². The van der Waals surface area contributed by atoms with E-state index in [1.807, 2.05) is 0 Å². The Labute approximate surface area is 177 Å². The molecule has 166 valence electrons. The molecule has 2 amide bonds. The van der Waals surface area contributed by atoms with E-state index >= 15 is 0 Å². The number of anilines is 1. The number of fused-ring (bicyclic) bond motifs is 1. The SMILES string of the molecule is CN([C@H]1C[C@H]2CN(c3ccc(OC(F)(F)F)cc3)C(=O)N2C1)S(=O)(=O)c1ccccc1. The van der Waals surface area contributed by atoms with E-state index < -0.39 is 16.4 Å². The van der Waals surface area contributed by atoms with Crippen LogP contribution in [-0.2, 0) is 10.0 Å². The first-order chi connectivity index (χ1) is 14.6. The van der Waals surface area contributed by atoms with Gasteiger partial charge >= 0.3 is 12.4 Å². The highest BCUT2D eigenvalue weighted by atomic mass is 32.2. The van der Waals surface area contributed by atoms with Gasteiger partial charge in [0.2, 0.25) is 10.0 Å². The van der Waals surface area contributed by atoms with Crippen molar-refractivity contribution in [2.75, 3.05) is 25.0 Å². The third-order valence-electron chi connectivity index (χ3n) is 5.58. The van der Waals surface area contributed by atoms with E-state index in [-0.39, 0.29) is 35.3 Å². The van der Waals surface area contributed by atoms with Crippen molar-refractivity contribution in [1.29, 1.82) is 0 Å². The van der Waals surface area contributed by atoms with E-state index in [0.717, 1.165) is 12.1 Å². The maximum Gasteiger partial charge on any atom is 0.573 e. The molecular weight excluding hydrogens is 435 g/mol. The molecule has 2 fully saturated rings. The molecule has 11 heteroatoms. The van der Waals surface area contributed by atoms with Crippen LogP contribution in [0.25, 0.3) is 0 Å². The van der Waals surface area contributed by atoms with Crippen LogP contribution < -0.4 is 9.64 Å². The standard InChI is InChI=1S/C20H20F3N3O4S/c1-24(31(28,29)18-5-3-2-4-6-18)15-11-16-13-25(19(27)26(16)12-15)14-7-9-17(10-8-14)30-20(21,22)23/h2-10,15-16H,11-13H2,1H3/t15-,16-/m0/s1. The van der Waals surface area contributed by atoms with Crippen LogP contribution in [0.1, 0.15) is 6.42 Å². The minimum atomic E-state index is -4.78. The molecular formula is C20H20F3N3O4S. The molecule has 0 N–H and O–H groups in total. The Bertz CT molecular complexity index is 1060. The van der Waals surface area contributed by atoms with Crippen molar-refractivity contribution in [3.8, 4) is 5.75 Å². The highest BCUT2D eigenvalue weighted by Gasteiger charge is 2.47. The van der Waals surface area contributed by atoms with Crippen molar-refractivity contribution in [3.63, 3.8) is 0 Å². The van der Waals surface area contributed by atoms with Crippen LogP contribution in [0.15, 0.2) is 59.5 Å². The molecule has 2 aromatic rings. The molecule has 2 aromatic carbocycles. The fourth-order valence-corrected chi connectivity index (χ4v) is 5.38. The van der Waals surface area contributed by atoms with Gasteiger partial charge in [0.05, 0.1) is 10.9 Å². The van der Waals surface area contributed by atoms with Gasteiger partial charge in [-0.2, -0.15) is 4.31 Å². The van der Waals surface area contributed by atoms with Gasteiger partial charge in [-0.1, -0.05) is 18.2 Å². The lowest BCUT2D eigenvalue weighted by molar-refractivity contribution is -0.274. The minimum Gasteiger partial charge on any atom is -0.406 e. The van der Waals surface area contributed by atoms with E-state index in [4.69, 9.17) is 0 Å². The predicted molar refractivity (Wildman–Crippen MR) is 106 cm³/mol. The predicted octanol–water partition coefficient (Wildman–Crippen LogP) is 3.29. The third-order valence-corrected chi connectivity index (χ3v) is 7.50. The Morgan fingerprint density at radius 3 is 2.26 bits per heavy atom. The van der Waals surface area contributed by atoms with Crippen molar-refractivity contribution in [2.45, 2.75) is 29.8 Å². The summed E-state index contributed by atoms with van der Waals surface area (Å²) in [5.41, 5.74) is 0.454. The summed E-state index contributed by atoms with van der Waals surface area (Å²) in [6, 6.07) is 12.4. The number of likely N-dealkylation sites (N-methyl/N-ethyl adjacent to an activating group) is 1. The molecule has 4 rings (SSSR count). The van der Waals surface area contributed by atoms with Crippen LogP contribution in [0.3, 0.4) is 0 Å². The van der Waals surface area contributed by atoms with Crippen LogP contribution in [0.2, 0.25) is 0 Å². The second-order valence-electron chi connectivity index (χ2n) is 7.46. The van der Waals surface area contributed by atoms with E-state index in [1.54, 1.807) is 23.1 Å². The molecule has 0 radical (unpaired) electrons. The van der Waals surface area contributed by atoms with Crippen molar-refractivity contribution >= 4 is 21.7 Å². The number of rotatable bonds is 5. The number of benzene rings is 2. The lowest BCUT2D eigenvalue weighted by Gasteiger charge is -2.25. The second-order valence-corrected chi connectivity index (χ2v) is 9.46. The monoisotopic (exact) mass is 455 g/mol. The Morgan fingerprint density at radius 1 is 1.03 bits per heavy atom. The van der Waals surface area contributed by atoms with Crippen LogP contribution >= 0.6 is 0 Å². The molecule has 2 aliphatic rings. The molecule has 2 heterocycles. The lowest BCUT2D eigenvalue weighted by atomic mass is 10.1. The summed E-state index contributed by atoms with van der Waals surface area (Å²) in [6.45, 7) is 0.575. The fourth-order valence-electron chi connectivity index (χ4n) is 4.01. The molecule has 31 heavy (non-hydrogen) atoms. The first kappa shape index (κ1) is 21.4. The second kappa shape index (κ2) is 7.72. The van der Waals surface area contributed by atoms with Crippen molar-refractivity contribution in [2.24, 2.45) is 0 Å². The van der Waals surface area contributed by atoms with E-state index in [0.29, 0.717) is 18.7 Å². The number of alkyl halides is 3. The highest BCUT2D eigenvalue weighted by Crippen LogP contribution is 2.34. The maximum atomic E-state index is 12.9. The first-order valence-electron chi connectivity index (χ1n) is 9.53. The number of carbonyl (C=O) groups excluding carboxylic acids is 1. The zero-order valence-corrected chi connectivity index (χ0v) is 17.3. The largest absolute Gasteiger partial charge is 0.573 e. The fraction of sp³-hybridized carbons (Fsp3) is 0.350. The first-order valence-corrected chi connectivity index (χ1v) is 11.0. The number of sulfonamides is 1. The normalized spacial score (nSPS) is 21.6. The number of halogens is 3. The van der Waals surface area contributed by atoms with Gasteiger partial charge in [-0.3, -0.25) is 4.90 Å². The summed E-state index contributed by atoms with van der Waals surface area (Å²) in [6.07, 6.45) is -4.31. The molecule has 0 aliphatic carbocycles. The number of carbonyl (C=O) groups is 1. The lowest BCUT2D eigenvalue weighted by Crippen LogP contribution is -2.41. The summed E-state index contributed by atoms with van der Waals surface area (Å²) in [7, 11) is -2.17. The quantitative estimate of drug-likeness (QED) is 0.694. The Morgan fingerprint density at radius 2 is 1.68 bits per heavy atom. The van der Waals surface area contributed by atoms with Crippen LogP contribution in [0.4, 0.5) is 23.7 Å². The highest BCUT2D eigenvalue weighted by molar-refractivity contribution is 7.89. The number of hydrogen-bond acceptors (Lipinski definition) is 4. The molecule has 0 saturated carbocycles. The summed E-state index contributed by atoms with van der Waals surface area (Å²) in [5.74, 6) is -0.365. The Kier molecular flexibility index (Phi) is 5.34. The van der Waals surface area contributed by atoms with Crippen LogP contribution in [0.5, 0.6) is 5.75 Å². The van der Waals surface area contributed by atoms with Crippen molar-refractivity contribution < 1.29 is 31.1 Å². The molecule has 0 unspecified atom stereocenters. The smallest absolute Gasteiger partial charge is 0.406 e. The molecule has 0 bridgehead atoms. The summed E-state index contributed by atoms with van der Waals surface area (Å²) in [5, 5.41) is 0. The van der Waals surface area contributed by atoms with Crippen LogP contribution in [0, 0.1) is 0 Å². The number of amides is 2. The summed E-state index contributed by atoms with van der Waals surface area (Å²) in [4.78, 5) is 16.1.